The van der Waals surface area contributed by atoms with Gasteiger partial charge < -0.3 is 9.80 Å². The number of hydrogen-bond acceptors (Lipinski definition) is 3. The Morgan fingerprint density at radius 2 is 1.96 bits per heavy atom. The molecular weight excluding hydrogens is 392 g/mol. The molecule has 0 aliphatic carbocycles. The second-order valence-corrected chi connectivity index (χ2v) is 9.73. The van der Waals surface area contributed by atoms with Gasteiger partial charge in [0.15, 0.2) is 0 Å². The molecule has 2 fully saturated rings. The van der Waals surface area contributed by atoms with E-state index in [1.807, 2.05) is 33.7 Å². The highest BCUT2D eigenvalue weighted by Gasteiger charge is 2.47. The number of halogens is 1. The first-order valence-electron chi connectivity index (χ1n) is 10.5. The third kappa shape index (κ3) is 4.51. The summed E-state index contributed by atoms with van der Waals surface area (Å²) in [6, 6.07) is 7.20. The predicted molar refractivity (Wildman–Crippen MR) is 117 cm³/mol. The molecule has 0 aromatic heterocycles. The molecule has 1 aromatic carbocycles. The Kier molecular flexibility index (Phi) is 7.32. The summed E-state index contributed by atoms with van der Waals surface area (Å²) in [5.41, 5.74) is 0.651. The third-order valence-electron chi connectivity index (χ3n) is 6.10. The second kappa shape index (κ2) is 9.53. The lowest BCUT2D eigenvalue weighted by Crippen LogP contribution is -2.54. The highest BCUT2D eigenvalue weighted by molar-refractivity contribution is 8.00. The third-order valence-corrected chi connectivity index (χ3v) is 7.89. The molecule has 0 bridgehead atoms. The molecule has 2 aliphatic heterocycles. The van der Waals surface area contributed by atoms with Crippen LogP contribution in [-0.2, 0) is 4.79 Å². The maximum Gasteiger partial charge on any atom is 0.255 e. The molecule has 2 heterocycles. The van der Waals surface area contributed by atoms with Crippen LogP contribution in [-0.4, -0.2) is 51.9 Å². The van der Waals surface area contributed by atoms with Crippen molar-refractivity contribution in [2.75, 3.05) is 25.4 Å². The van der Waals surface area contributed by atoms with Crippen LogP contribution in [0.15, 0.2) is 24.3 Å². The molecule has 0 N–H and O–H groups in total. The average molecular weight is 423 g/mol. The van der Waals surface area contributed by atoms with Gasteiger partial charge in [-0.15, -0.1) is 11.8 Å². The molecule has 0 saturated carbocycles. The van der Waals surface area contributed by atoms with Crippen molar-refractivity contribution < 1.29 is 9.59 Å². The van der Waals surface area contributed by atoms with E-state index in [1.165, 1.54) is 0 Å². The van der Waals surface area contributed by atoms with Crippen molar-refractivity contribution in [3.63, 3.8) is 0 Å². The number of likely N-dealkylation sites (tertiary alicyclic amines) is 1. The molecule has 2 aliphatic rings. The molecule has 4 nitrogen and oxygen atoms in total. The zero-order chi connectivity index (χ0) is 20.1. The van der Waals surface area contributed by atoms with Crippen molar-refractivity contribution in [2.24, 2.45) is 5.92 Å². The van der Waals surface area contributed by atoms with E-state index in [0.29, 0.717) is 16.5 Å². The summed E-state index contributed by atoms with van der Waals surface area (Å²) in [7, 11) is 0. The highest BCUT2D eigenvalue weighted by Crippen LogP contribution is 2.44. The second-order valence-electron chi connectivity index (χ2n) is 7.83. The van der Waals surface area contributed by atoms with Gasteiger partial charge in [-0.1, -0.05) is 44.4 Å². The summed E-state index contributed by atoms with van der Waals surface area (Å²) in [6.45, 7) is 6.53. The average Bonchev–Trinajstić information content (AvgIpc) is 3.11. The summed E-state index contributed by atoms with van der Waals surface area (Å²) < 4.78 is 0. The van der Waals surface area contributed by atoms with Crippen LogP contribution < -0.4 is 0 Å². The number of carbonyl (C=O) groups excluding carboxylic acids is 2. The van der Waals surface area contributed by atoms with Gasteiger partial charge in [0.1, 0.15) is 0 Å². The standard InChI is InChI=1S/C22H31ClN2O2S/c1-3-5-7-17(4-2)20(26)24-12-10-22(11-13-24)25(14-15-28-22)21(27)18-8-6-9-19(23)16-18/h6,8-9,16-17H,3-5,7,10-15H2,1-2H3/t17-/m0/s1. The Labute approximate surface area is 178 Å². The fourth-order valence-electron chi connectivity index (χ4n) is 4.37. The maximum absolute atomic E-state index is 13.1. The smallest absolute Gasteiger partial charge is 0.255 e. The minimum atomic E-state index is -0.179. The van der Waals surface area contributed by atoms with Crippen LogP contribution in [0.2, 0.25) is 5.02 Å². The lowest BCUT2D eigenvalue weighted by atomic mass is 9.95. The van der Waals surface area contributed by atoms with E-state index in [-0.39, 0.29) is 16.7 Å². The van der Waals surface area contributed by atoms with Crippen LogP contribution in [0.4, 0.5) is 0 Å². The van der Waals surface area contributed by atoms with Gasteiger partial charge in [0.2, 0.25) is 5.91 Å². The zero-order valence-electron chi connectivity index (χ0n) is 17.0. The molecule has 2 saturated heterocycles. The van der Waals surface area contributed by atoms with E-state index in [4.69, 9.17) is 11.6 Å². The molecule has 3 rings (SSSR count). The first-order valence-corrected chi connectivity index (χ1v) is 11.9. The summed E-state index contributed by atoms with van der Waals surface area (Å²) >= 11 is 7.96. The molecule has 6 heteroatoms. The summed E-state index contributed by atoms with van der Waals surface area (Å²) in [5.74, 6) is 1.46. The Bertz CT molecular complexity index is 704. The van der Waals surface area contributed by atoms with E-state index < -0.39 is 0 Å². The molecule has 28 heavy (non-hydrogen) atoms. The fourth-order valence-corrected chi connectivity index (χ4v) is 6.02. The van der Waals surface area contributed by atoms with Crippen LogP contribution in [0.5, 0.6) is 0 Å². The first kappa shape index (κ1) is 21.5. The minimum Gasteiger partial charge on any atom is -0.342 e. The predicted octanol–water partition coefficient (Wildman–Crippen LogP) is 5.06. The van der Waals surface area contributed by atoms with Crippen molar-refractivity contribution in [1.82, 2.24) is 9.80 Å². The monoisotopic (exact) mass is 422 g/mol. The summed E-state index contributed by atoms with van der Waals surface area (Å²) in [4.78, 5) is 30.0. The van der Waals surface area contributed by atoms with Gasteiger partial charge in [-0.05, 0) is 43.9 Å². The quantitative estimate of drug-likeness (QED) is 0.642. The number of carbonyl (C=O) groups is 2. The number of piperidine rings is 1. The molecule has 2 amide bonds. The highest BCUT2D eigenvalue weighted by atomic mass is 35.5. The van der Waals surface area contributed by atoms with E-state index in [2.05, 4.69) is 13.8 Å². The van der Waals surface area contributed by atoms with E-state index in [9.17, 15) is 9.59 Å². The Hall–Kier alpha value is -1.20. The number of thioether (sulfide) groups is 1. The topological polar surface area (TPSA) is 40.6 Å². The largest absolute Gasteiger partial charge is 0.342 e. The number of benzene rings is 1. The van der Waals surface area contributed by atoms with E-state index in [1.54, 1.807) is 12.1 Å². The van der Waals surface area contributed by atoms with Gasteiger partial charge in [-0.3, -0.25) is 9.59 Å². The number of amides is 2. The fraction of sp³-hybridized carbons (Fsp3) is 0.636. The maximum atomic E-state index is 13.1. The van der Waals surface area contributed by atoms with Crippen molar-refractivity contribution in [1.29, 1.82) is 0 Å². The Balaban J connectivity index is 1.66. The molecule has 1 spiro atoms. The SMILES string of the molecule is CCCC[C@H](CC)C(=O)N1CCC2(CC1)SCCN2C(=O)c1cccc(Cl)c1. The van der Waals surface area contributed by atoms with Crippen molar-refractivity contribution in [2.45, 2.75) is 57.2 Å². The van der Waals surface area contributed by atoms with Gasteiger partial charge in [0.05, 0.1) is 4.87 Å². The van der Waals surface area contributed by atoms with E-state index >= 15 is 0 Å². The number of rotatable bonds is 6. The first-order chi connectivity index (χ1) is 13.5. The number of nitrogens with zero attached hydrogens (tertiary/aromatic N) is 2. The van der Waals surface area contributed by atoms with Gasteiger partial charge in [-0.2, -0.15) is 0 Å². The molecular formula is C22H31ClN2O2S. The normalized spacial score (nSPS) is 19.8. The van der Waals surface area contributed by atoms with Crippen LogP contribution in [0.25, 0.3) is 0 Å². The molecule has 154 valence electrons. The van der Waals surface area contributed by atoms with Crippen LogP contribution in [0.3, 0.4) is 0 Å². The van der Waals surface area contributed by atoms with Crippen molar-refractivity contribution in [3.8, 4) is 0 Å². The lowest BCUT2D eigenvalue weighted by Gasteiger charge is -2.44. The summed E-state index contributed by atoms with van der Waals surface area (Å²) in [5, 5.41) is 0.588. The molecule has 0 unspecified atom stereocenters. The van der Waals surface area contributed by atoms with Crippen LogP contribution in [0.1, 0.15) is 62.7 Å². The van der Waals surface area contributed by atoms with Crippen molar-refractivity contribution >= 4 is 35.2 Å². The lowest BCUT2D eigenvalue weighted by molar-refractivity contribution is -0.137. The van der Waals surface area contributed by atoms with Gasteiger partial charge in [-0.25, -0.2) is 0 Å². The van der Waals surface area contributed by atoms with Gasteiger partial charge in [0, 0.05) is 41.9 Å². The van der Waals surface area contributed by atoms with Crippen LogP contribution in [0, 0.1) is 5.92 Å². The number of hydrogen-bond donors (Lipinski definition) is 0. The van der Waals surface area contributed by atoms with Gasteiger partial charge in [0.25, 0.3) is 5.91 Å². The molecule has 0 radical (unpaired) electrons. The Morgan fingerprint density at radius 1 is 1.21 bits per heavy atom. The number of unbranched alkanes of at least 4 members (excludes halogenated alkanes) is 1. The molecule has 1 atom stereocenters. The van der Waals surface area contributed by atoms with E-state index in [0.717, 1.165) is 63.9 Å². The van der Waals surface area contributed by atoms with Crippen molar-refractivity contribution in [3.05, 3.63) is 34.9 Å². The molecule has 1 aromatic rings. The minimum absolute atomic E-state index is 0.0571. The Morgan fingerprint density at radius 3 is 2.61 bits per heavy atom. The summed E-state index contributed by atoms with van der Waals surface area (Å²) in [6.07, 6.45) is 5.83. The zero-order valence-corrected chi connectivity index (χ0v) is 18.5. The van der Waals surface area contributed by atoms with Crippen LogP contribution >= 0.6 is 23.4 Å². The van der Waals surface area contributed by atoms with Gasteiger partial charge >= 0.3 is 0 Å².